The molecule has 0 radical (unpaired) electrons. The number of carbonyl (C=O) groups excluding carboxylic acids is 1. The Balaban J connectivity index is 0. The first-order valence-corrected chi connectivity index (χ1v) is 5.24. The van der Waals surface area contributed by atoms with Gasteiger partial charge >= 0.3 is 0 Å². The molecule has 1 N–H and O–H groups in total. The standard InChI is InChI=1S/C8H14O.C2H6.CH4O/c1-2-8(7-9)5-3-4-6-8;2*1-2/h7H,2-6H2,1H3;1-2H3;2H,1H3. The first-order valence-electron chi connectivity index (χ1n) is 5.24. The van der Waals surface area contributed by atoms with Gasteiger partial charge in [0.05, 0.1) is 0 Å². The lowest BCUT2D eigenvalue weighted by atomic mass is 9.85. The van der Waals surface area contributed by atoms with E-state index in [1.165, 1.54) is 19.1 Å². The maximum atomic E-state index is 10.6. The summed E-state index contributed by atoms with van der Waals surface area (Å²) in [7, 11) is 1.00. The van der Waals surface area contributed by atoms with Crippen LogP contribution in [0.1, 0.15) is 52.9 Å². The van der Waals surface area contributed by atoms with Crippen molar-refractivity contribution in [3.8, 4) is 0 Å². The maximum Gasteiger partial charge on any atom is 0.126 e. The van der Waals surface area contributed by atoms with E-state index in [-0.39, 0.29) is 5.41 Å². The predicted octanol–water partition coefficient (Wildman–Crippen LogP) is 2.79. The van der Waals surface area contributed by atoms with Crippen LogP contribution in [0.5, 0.6) is 0 Å². The minimum atomic E-state index is 0.0972. The molecule has 0 amide bonds. The molecule has 1 aliphatic rings. The third kappa shape index (κ3) is 5.04. The average molecular weight is 188 g/mol. The summed E-state index contributed by atoms with van der Waals surface area (Å²) in [6.07, 6.45) is 6.98. The highest BCUT2D eigenvalue weighted by Crippen LogP contribution is 2.38. The van der Waals surface area contributed by atoms with Crippen LogP contribution in [0.15, 0.2) is 0 Å². The van der Waals surface area contributed by atoms with Crippen molar-refractivity contribution in [1.82, 2.24) is 0 Å². The van der Waals surface area contributed by atoms with Crippen molar-refractivity contribution in [2.45, 2.75) is 52.9 Å². The minimum Gasteiger partial charge on any atom is -0.400 e. The van der Waals surface area contributed by atoms with E-state index >= 15 is 0 Å². The number of hydrogen-bond acceptors (Lipinski definition) is 2. The van der Waals surface area contributed by atoms with Crippen LogP contribution in [-0.4, -0.2) is 18.5 Å². The molecular formula is C11H24O2. The van der Waals surface area contributed by atoms with Gasteiger partial charge in [0, 0.05) is 12.5 Å². The molecule has 1 saturated carbocycles. The number of rotatable bonds is 2. The molecule has 0 aromatic carbocycles. The fourth-order valence-electron chi connectivity index (χ4n) is 1.63. The molecule has 1 rings (SSSR count). The van der Waals surface area contributed by atoms with Gasteiger partial charge < -0.3 is 9.90 Å². The molecule has 0 atom stereocenters. The largest absolute Gasteiger partial charge is 0.400 e. The summed E-state index contributed by atoms with van der Waals surface area (Å²) in [6, 6.07) is 0. The molecule has 1 fully saturated rings. The summed E-state index contributed by atoms with van der Waals surface area (Å²) in [5.74, 6) is 0. The van der Waals surface area contributed by atoms with Crippen LogP contribution in [0.4, 0.5) is 0 Å². The van der Waals surface area contributed by atoms with Crippen molar-refractivity contribution >= 4 is 6.29 Å². The third-order valence-electron chi connectivity index (χ3n) is 2.55. The van der Waals surface area contributed by atoms with Gasteiger partial charge in [0.25, 0.3) is 0 Å². The second-order valence-electron chi connectivity index (χ2n) is 3.04. The molecule has 0 aliphatic heterocycles. The lowest BCUT2D eigenvalue weighted by Crippen LogP contribution is -2.15. The van der Waals surface area contributed by atoms with Gasteiger partial charge in [-0.05, 0) is 19.3 Å². The van der Waals surface area contributed by atoms with E-state index in [0.29, 0.717) is 0 Å². The van der Waals surface area contributed by atoms with E-state index in [2.05, 4.69) is 6.92 Å². The van der Waals surface area contributed by atoms with Gasteiger partial charge in [-0.25, -0.2) is 0 Å². The Morgan fingerprint density at radius 3 is 1.77 bits per heavy atom. The zero-order valence-electron chi connectivity index (χ0n) is 9.47. The lowest BCUT2D eigenvalue weighted by Gasteiger charge is -2.17. The normalized spacial score (nSPS) is 17.6. The molecule has 2 heteroatoms. The van der Waals surface area contributed by atoms with Crippen LogP contribution >= 0.6 is 0 Å². The van der Waals surface area contributed by atoms with Gasteiger partial charge in [-0.15, -0.1) is 0 Å². The van der Waals surface area contributed by atoms with E-state index in [9.17, 15) is 4.79 Å². The number of aliphatic hydroxyl groups excluding tert-OH is 1. The van der Waals surface area contributed by atoms with Crippen molar-refractivity contribution < 1.29 is 9.90 Å². The van der Waals surface area contributed by atoms with Crippen molar-refractivity contribution in [3.63, 3.8) is 0 Å². The number of aliphatic hydroxyl groups is 1. The molecule has 0 heterocycles. The zero-order chi connectivity index (χ0) is 10.7. The Morgan fingerprint density at radius 2 is 1.62 bits per heavy atom. The fourth-order valence-corrected chi connectivity index (χ4v) is 1.63. The van der Waals surface area contributed by atoms with E-state index < -0.39 is 0 Å². The molecule has 1 aliphatic carbocycles. The molecule has 80 valence electrons. The molecule has 0 spiro atoms. The van der Waals surface area contributed by atoms with Gasteiger partial charge in [-0.3, -0.25) is 0 Å². The summed E-state index contributed by atoms with van der Waals surface area (Å²) < 4.78 is 0. The van der Waals surface area contributed by atoms with Gasteiger partial charge in [-0.2, -0.15) is 0 Å². The smallest absolute Gasteiger partial charge is 0.126 e. The van der Waals surface area contributed by atoms with Gasteiger partial charge in [0.15, 0.2) is 0 Å². The van der Waals surface area contributed by atoms with Gasteiger partial charge in [-0.1, -0.05) is 33.6 Å². The topological polar surface area (TPSA) is 37.3 Å². The Bertz CT molecular complexity index is 105. The Hall–Kier alpha value is -0.370. The SMILES string of the molecule is CC.CCC1(C=O)CCCC1.CO. The van der Waals surface area contributed by atoms with Crippen molar-refractivity contribution in [3.05, 3.63) is 0 Å². The van der Waals surface area contributed by atoms with Crippen molar-refractivity contribution in [1.29, 1.82) is 0 Å². The first kappa shape index (κ1) is 15.1. The van der Waals surface area contributed by atoms with Crippen molar-refractivity contribution in [2.75, 3.05) is 7.11 Å². The minimum absolute atomic E-state index is 0.0972. The van der Waals surface area contributed by atoms with Crippen LogP contribution < -0.4 is 0 Å². The van der Waals surface area contributed by atoms with Crippen LogP contribution in [0.2, 0.25) is 0 Å². The zero-order valence-corrected chi connectivity index (χ0v) is 9.47. The van der Waals surface area contributed by atoms with Gasteiger partial charge in [0.2, 0.25) is 0 Å². The first-order chi connectivity index (χ1) is 6.33. The quantitative estimate of drug-likeness (QED) is 0.677. The second-order valence-corrected chi connectivity index (χ2v) is 3.04. The van der Waals surface area contributed by atoms with Crippen LogP contribution in [0.25, 0.3) is 0 Å². The average Bonchev–Trinajstić information content (AvgIpc) is 2.73. The van der Waals surface area contributed by atoms with Crippen LogP contribution in [0, 0.1) is 5.41 Å². The summed E-state index contributed by atoms with van der Waals surface area (Å²) >= 11 is 0. The Labute approximate surface area is 82.4 Å². The summed E-state index contributed by atoms with van der Waals surface area (Å²) in [4.78, 5) is 10.6. The number of carbonyl (C=O) groups is 1. The molecule has 0 aromatic heterocycles. The molecule has 2 nitrogen and oxygen atoms in total. The Kier molecular flexibility index (Phi) is 11.3. The third-order valence-corrected chi connectivity index (χ3v) is 2.55. The van der Waals surface area contributed by atoms with Crippen LogP contribution in [-0.2, 0) is 4.79 Å². The lowest BCUT2D eigenvalue weighted by molar-refractivity contribution is -0.116. The Morgan fingerprint density at radius 1 is 1.23 bits per heavy atom. The monoisotopic (exact) mass is 188 g/mol. The summed E-state index contributed by atoms with van der Waals surface area (Å²) in [5, 5.41) is 7.00. The van der Waals surface area contributed by atoms with E-state index in [4.69, 9.17) is 5.11 Å². The molecule has 0 saturated heterocycles. The highest BCUT2D eigenvalue weighted by atomic mass is 16.2. The van der Waals surface area contributed by atoms with Gasteiger partial charge in [0.1, 0.15) is 6.29 Å². The van der Waals surface area contributed by atoms with Crippen molar-refractivity contribution in [2.24, 2.45) is 5.41 Å². The number of aldehydes is 1. The highest BCUT2D eigenvalue weighted by Gasteiger charge is 2.30. The molecule has 13 heavy (non-hydrogen) atoms. The highest BCUT2D eigenvalue weighted by molar-refractivity contribution is 5.59. The molecule has 0 aromatic rings. The van der Waals surface area contributed by atoms with Crippen LogP contribution in [0.3, 0.4) is 0 Å². The molecular weight excluding hydrogens is 164 g/mol. The number of hydrogen-bond donors (Lipinski definition) is 1. The van der Waals surface area contributed by atoms with E-state index in [1.54, 1.807) is 0 Å². The summed E-state index contributed by atoms with van der Waals surface area (Å²) in [6.45, 7) is 6.11. The fraction of sp³-hybridized carbons (Fsp3) is 0.909. The molecule has 0 unspecified atom stereocenters. The van der Waals surface area contributed by atoms with E-state index in [1.807, 2.05) is 13.8 Å². The second kappa shape index (κ2) is 9.72. The molecule has 0 bridgehead atoms. The summed E-state index contributed by atoms with van der Waals surface area (Å²) in [5.41, 5.74) is 0.0972. The maximum absolute atomic E-state index is 10.6. The predicted molar refractivity (Wildman–Crippen MR) is 56.7 cm³/mol. The van der Waals surface area contributed by atoms with E-state index in [0.717, 1.165) is 26.4 Å².